The summed E-state index contributed by atoms with van der Waals surface area (Å²) in [6.07, 6.45) is 3.65. The monoisotopic (exact) mass is 302 g/mol. The molecule has 0 bridgehead atoms. The van der Waals surface area contributed by atoms with Gasteiger partial charge in [0.2, 0.25) is 0 Å². The highest BCUT2D eigenvalue weighted by molar-refractivity contribution is 7.17. The summed E-state index contributed by atoms with van der Waals surface area (Å²) in [5.74, 6) is -0.311. The van der Waals surface area contributed by atoms with E-state index in [1.807, 2.05) is 30.3 Å². The molecule has 2 aromatic rings. The second-order valence-electron chi connectivity index (χ2n) is 5.08. The largest absolute Gasteiger partial charge is 0.465 e. The first-order chi connectivity index (χ1) is 10.3. The molecule has 1 aromatic heterocycles. The summed E-state index contributed by atoms with van der Waals surface area (Å²) in [5, 5.41) is 0.925. The first-order valence-corrected chi connectivity index (χ1v) is 8.01. The molecule has 1 aliphatic heterocycles. The Balaban J connectivity index is 2.01. The fourth-order valence-electron chi connectivity index (χ4n) is 2.55. The van der Waals surface area contributed by atoms with Crippen LogP contribution >= 0.6 is 11.3 Å². The minimum Gasteiger partial charge on any atom is -0.465 e. The summed E-state index contributed by atoms with van der Waals surface area (Å²) in [6, 6.07) is 9.81. The minimum absolute atomic E-state index is 0.311. The summed E-state index contributed by atoms with van der Waals surface area (Å²) in [4.78, 5) is 19.6. The van der Waals surface area contributed by atoms with Gasteiger partial charge in [-0.05, 0) is 19.3 Å². The lowest BCUT2D eigenvalue weighted by Gasteiger charge is -2.25. The number of hydrogen-bond donors (Lipinski definition) is 0. The summed E-state index contributed by atoms with van der Waals surface area (Å²) in [6.45, 7) is 2.03. The van der Waals surface area contributed by atoms with Crippen molar-refractivity contribution in [3.05, 3.63) is 35.2 Å². The molecule has 0 radical (unpaired) electrons. The number of aromatic nitrogens is 1. The zero-order chi connectivity index (χ0) is 14.7. The lowest BCUT2D eigenvalue weighted by Crippen LogP contribution is -2.29. The molecule has 1 aliphatic rings. The quantitative estimate of drug-likeness (QED) is 0.813. The highest BCUT2D eigenvalue weighted by atomic mass is 32.1. The average Bonchev–Trinajstić information content (AvgIpc) is 3.01. The summed E-state index contributed by atoms with van der Waals surface area (Å²) >= 11 is 1.43. The third-order valence-corrected chi connectivity index (χ3v) is 4.76. The molecule has 1 aromatic carbocycles. The van der Waals surface area contributed by atoms with Gasteiger partial charge < -0.3 is 9.64 Å². The van der Waals surface area contributed by atoms with Gasteiger partial charge in [0.1, 0.15) is 4.88 Å². The van der Waals surface area contributed by atoms with Crippen molar-refractivity contribution in [2.45, 2.75) is 19.3 Å². The van der Waals surface area contributed by atoms with E-state index in [9.17, 15) is 4.79 Å². The van der Waals surface area contributed by atoms with Gasteiger partial charge in [-0.2, -0.15) is 0 Å². The number of anilines is 1. The molecule has 1 saturated heterocycles. The first-order valence-electron chi connectivity index (χ1n) is 7.19. The fourth-order valence-corrected chi connectivity index (χ4v) is 3.61. The Hall–Kier alpha value is -1.88. The highest BCUT2D eigenvalue weighted by Gasteiger charge is 2.23. The van der Waals surface area contributed by atoms with E-state index >= 15 is 0 Å². The van der Waals surface area contributed by atoms with Gasteiger partial charge in [-0.1, -0.05) is 41.7 Å². The lowest BCUT2D eigenvalue weighted by molar-refractivity contribution is 0.0607. The molecule has 110 valence electrons. The van der Waals surface area contributed by atoms with Crippen molar-refractivity contribution in [3.63, 3.8) is 0 Å². The van der Waals surface area contributed by atoms with Crippen molar-refractivity contribution >= 4 is 22.4 Å². The Kier molecular flexibility index (Phi) is 4.20. The molecule has 0 spiro atoms. The number of thiazole rings is 1. The van der Waals surface area contributed by atoms with Crippen LogP contribution in [0.5, 0.6) is 0 Å². The molecule has 2 heterocycles. The fraction of sp³-hybridized carbons (Fsp3) is 0.375. The van der Waals surface area contributed by atoms with Crippen LogP contribution < -0.4 is 4.90 Å². The normalized spacial score (nSPS) is 15.0. The molecule has 5 heteroatoms. The minimum atomic E-state index is -0.311. The van der Waals surface area contributed by atoms with Gasteiger partial charge in [0.05, 0.1) is 12.8 Å². The van der Waals surface area contributed by atoms with Crippen molar-refractivity contribution in [1.29, 1.82) is 0 Å². The number of methoxy groups -OCH3 is 1. The van der Waals surface area contributed by atoms with Crippen LogP contribution in [-0.4, -0.2) is 31.2 Å². The SMILES string of the molecule is COC(=O)c1sc(N2CCCCC2)nc1-c1ccccc1. The van der Waals surface area contributed by atoms with Crippen LogP contribution in [0.4, 0.5) is 5.13 Å². The molecule has 0 unspecified atom stereocenters. The summed E-state index contributed by atoms with van der Waals surface area (Å²) < 4.78 is 4.91. The van der Waals surface area contributed by atoms with Crippen molar-refractivity contribution in [2.75, 3.05) is 25.1 Å². The maximum atomic E-state index is 12.0. The van der Waals surface area contributed by atoms with Crippen LogP contribution in [0, 0.1) is 0 Å². The van der Waals surface area contributed by atoms with Gasteiger partial charge in [0.25, 0.3) is 0 Å². The molecule has 4 nitrogen and oxygen atoms in total. The van der Waals surface area contributed by atoms with Crippen LogP contribution in [0.25, 0.3) is 11.3 Å². The maximum Gasteiger partial charge on any atom is 0.350 e. The molecule has 0 saturated carbocycles. The number of esters is 1. The maximum absolute atomic E-state index is 12.0. The summed E-state index contributed by atoms with van der Waals surface area (Å²) in [5.41, 5.74) is 1.69. The van der Waals surface area contributed by atoms with E-state index in [4.69, 9.17) is 9.72 Å². The highest BCUT2D eigenvalue weighted by Crippen LogP contribution is 2.34. The second-order valence-corrected chi connectivity index (χ2v) is 6.06. The average molecular weight is 302 g/mol. The molecule has 0 amide bonds. The number of hydrogen-bond acceptors (Lipinski definition) is 5. The first kappa shape index (κ1) is 14.1. The van der Waals surface area contributed by atoms with Gasteiger partial charge in [-0.3, -0.25) is 0 Å². The summed E-state index contributed by atoms with van der Waals surface area (Å²) in [7, 11) is 1.41. The van der Waals surface area contributed by atoms with E-state index in [1.165, 1.54) is 37.7 Å². The van der Waals surface area contributed by atoms with Crippen LogP contribution in [0.3, 0.4) is 0 Å². The molecular formula is C16H18N2O2S. The Morgan fingerprint density at radius 2 is 1.90 bits per heavy atom. The number of rotatable bonds is 3. The van der Waals surface area contributed by atoms with Gasteiger partial charge in [-0.25, -0.2) is 9.78 Å². The Bertz CT molecular complexity index is 618. The number of carbonyl (C=O) groups excluding carboxylic acids is 1. The second kappa shape index (κ2) is 6.26. The molecule has 0 N–H and O–H groups in total. The zero-order valence-corrected chi connectivity index (χ0v) is 12.9. The number of nitrogens with zero attached hydrogens (tertiary/aromatic N) is 2. The third kappa shape index (κ3) is 2.93. The molecule has 3 rings (SSSR count). The molecular weight excluding hydrogens is 284 g/mol. The van der Waals surface area contributed by atoms with Gasteiger partial charge >= 0.3 is 5.97 Å². The van der Waals surface area contributed by atoms with E-state index < -0.39 is 0 Å². The zero-order valence-electron chi connectivity index (χ0n) is 12.0. The number of piperidine rings is 1. The smallest absolute Gasteiger partial charge is 0.350 e. The van der Waals surface area contributed by atoms with Crippen LogP contribution in [0.2, 0.25) is 0 Å². The van der Waals surface area contributed by atoms with Crippen molar-refractivity contribution in [2.24, 2.45) is 0 Å². The topological polar surface area (TPSA) is 42.4 Å². The predicted octanol–water partition coefficient (Wildman–Crippen LogP) is 3.59. The standard InChI is InChI=1S/C16H18N2O2S/c1-20-15(19)14-13(12-8-4-2-5-9-12)17-16(21-14)18-10-6-3-7-11-18/h2,4-5,8-9H,3,6-7,10-11H2,1H3. The number of carbonyl (C=O) groups is 1. The van der Waals surface area contributed by atoms with Gasteiger partial charge in [0, 0.05) is 18.7 Å². The van der Waals surface area contributed by atoms with Crippen molar-refractivity contribution in [3.8, 4) is 11.3 Å². The van der Waals surface area contributed by atoms with E-state index in [2.05, 4.69) is 4.90 Å². The van der Waals surface area contributed by atoms with Crippen LogP contribution in [0.15, 0.2) is 30.3 Å². The van der Waals surface area contributed by atoms with Gasteiger partial charge in [0.15, 0.2) is 5.13 Å². The Labute approximate surface area is 128 Å². The van der Waals surface area contributed by atoms with Crippen LogP contribution in [-0.2, 0) is 4.74 Å². The molecule has 1 fully saturated rings. The van der Waals surface area contributed by atoms with E-state index in [-0.39, 0.29) is 5.97 Å². The lowest BCUT2D eigenvalue weighted by atomic mass is 10.1. The molecule has 0 aliphatic carbocycles. The van der Waals surface area contributed by atoms with Gasteiger partial charge in [-0.15, -0.1) is 0 Å². The molecule has 0 atom stereocenters. The predicted molar refractivity (Wildman–Crippen MR) is 85.0 cm³/mol. The van der Waals surface area contributed by atoms with Crippen molar-refractivity contribution in [1.82, 2.24) is 4.98 Å². The Morgan fingerprint density at radius 1 is 1.19 bits per heavy atom. The molecule has 21 heavy (non-hydrogen) atoms. The van der Waals surface area contributed by atoms with Crippen molar-refractivity contribution < 1.29 is 9.53 Å². The Morgan fingerprint density at radius 3 is 2.57 bits per heavy atom. The van der Waals surface area contributed by atoms with E-state index in [0.717, 1.165) is 29.5 Å². The number of ether oxygens (including phenoxy) is 1. The van der Waals surface area contributed by atoms with Crippen LogP contribution in [0.1, 0.15) is 28.9 Å². The van der Waals surface area contributed by atoms with E-state index in [0.29, 0.717) is 4.88 Å². The third-order valence-electron chi connectivity index (χ3n) is 3.66. The van der Waals surface area contributed by atoms with E-state index in [1.54, 1.807) is 0 Å². The number of benzene rings is 1.